The number of halogens is 1. The highest BCUT2D eigenvalue weighted by molar-refractivity contribution is 9.09. The molecule has 0 aliphatic rings. The lowest BCUT2D eigenvalue weighted by Crippen LogP contribution is -2.09. The summed E-state index contributed by atoms with van der Waals surface area (Å²) >= 11 is 3.56. The van der Waals surface area contributed by atoms with Crippen molar-refractivity contribution in [1.82, 2.24) is 0 Å². The van der Waals surface area contributed by atoms with Crippen LogP contribution in [0.2, 0.25) is 0 Å². The van der Waals surface area contributed by atoms with E-state index in [4.69, 9.17) is 0 Å². The van der Waals surface area contributed by atoms with Gasteiger partial charge in [-0.25, -0.2) is 0 Å². The molecule has 0 bridgehead atoms. The van der Waals surface area contributed by atoms with Crippen LogP contribution in [0.4, 0.5) is 0 Å². The van der Waals surface area contributed by atoms with Crippen molar-refractivity contribution in [1.29, 1.82) is 0 Å². The highest BCUT2D eigenvalue weighted by Crippen LogP contribution is 2.31. The summed E-state index contributed by atoms with van der Waals surface area (Å²) < 4.78 is 0. The largest absolute Gasteiger partial charge is 0.0928 e. The quantitative estimate of drug-likeness (QED) is 0.687. The van der Waals surface area contributed by atoms with E-state index < -0.39 is 0 Å². The number of benzene rings is 1. The van der Waals surface area contributed by atoms with Gasteiger partial charge in [0.05, 0.1) is 0 Å². The Labute approximate surface area is 102 Å². The van der Waals surface area contributed by atoms with Crippen molar-refractivity contribution in [3.8, 4) is 0 Å². The van der Waals surface area contributed by atoms with Crippen molar-refractivity contribution < 1.29 is 0 Å². The van der Waals surface area contributed by atoms with Crippen molar-refractivity contribution in [3.63, 3.8) is 0 Å². The van der Waals surface area contributed by atoms with E-state index in [1.54, 1.807) is 0 Å². The SMILES string of the molecule is Cc1ccc(C)c(C(CCBr)C(C)C)c1. The van der Waals surface area contributed by atoms with E-state index in [9.17, 15) is 0 Å². The third-order valence-corrected chi connectivity index (χ3v) is 3.52. The topological polar surface area (TPSA) is 0 Å². The molecule has 0 aliphatic heterocycles. The molecule has 0 N–H and O–H groups in total. The highest BCUT2D eigenvalue weighted by atomic mass is 79.9. The molecule has 1 rings (SSSR count). The van der Waals surface area contributed by atoms with Crippen LogP contribution in [0.3, 0.4) is 0 Å². The van der Waals surface area contributed by atoms with Crippen LogP contribution in [0.25, 0.3) is 0 Å². The van der Waals surface area contributed by atoms with Crippen LogP contribution in [0, 0.1) is 19.8 Å². The Kier molecular flexibility index (Phi) is 4.85. The normalized spacial score (nSPS) is 13.2. The second-order valence-corrected chi connectivity index (χ2v) is 5.48. The molecule has 0 aliphatic carbocycles. The van der Waals surface area contributed by atoms with Gasteiger partial charge in [-0.2, -0.15) is 0 Å². The van der Waals surface area contributed by atoms with E-state index in [2.05, 4.69) is 61.8 Å². The van der Waals surface area contributed by atoms with Crippen molar-refractivity contribution in [3.05, 3.63) is 34.9 Å². The van der Waals surface area contributed by atoms with Gasteiger partial charge in [-0.1, -0.05) is 53.5 Å². The summed E-state index contributed by atoms with van der Waals surface area (Å²) in [7, 11) is 0. The second-order valence-electron chi connectivity index (χ2n) is 4.69. The van der Waals surface area contributed by atoms with Gasteiger partial charge in [0, 0.05) is 5.33 Å². The molecule has 0 spiro atoms. The Morgan fingerprint density at radius 2 is 1.87 bits per heavy atom. The Bertz CT molecular complexity index is 315. The molecule has 0 radical (unpaired) electrons. The molecule has 0 saturated carbocycles. The number of hydrogen-bond acceptors (Lipinski definition) is 0. The first kappa shape index (κ1) is 12.8. The predicted octanol–water partition coefficient (Wildman–Crippen LogP) is 4.83. The van der Waals surface area contributed by atoms with Crippen LogP contribution in [0.5, 0.6) is 0 Å². The zero-order valence-corrected chi connectivity index (χ0v) is 11.8. The number of hydrogen-bond donors (Lipinski definition) is 0. The van der Waals surface area contributed by atoms with Gasteiger partial charge in [0.25, 0.3) is 0 Å². The smallest absolute Gasteiger partial charge is 0.00372 e. The van der Waals surface area contributed by atoms with Gasteiger partial charge in [-0.3, -0.25) is 0 Å². The Morgan fingerprint density at radius 3 is 2.40 bits per heavy atom. The van der Waals surface area contributed by atoms with Crippen molar-refractivity contribution in [2.45, 2.75) is 40.0 Å². The maximum Gasteiger partial charge on any atom is 0.00372 e. The number of aryl methyl sites for hydroxylation is 2. The predicted molar refractivity (Wildman–Crippen MR) is 71.9 cm³/mol. The minimum Gasteiger partial charge on any atom is -0.0928 e. The van der Waals surface area contributed by atoms with Crippen LogP contribution in [-0.2, 0) is 0 Å². The molecule has 84 valence electrons. The maximum atomic E-state index is 3.56. The first-order chi connectivity index (χ1) is 7.06. The standard InChI is InChI=1S/C14H21Br/c1-10(2)13(7-8-15)14-9-11(3)5-6-12(14)4/h5-6,9-10,13H,7-8H2,1-4H3. The molecule has 0 heterocycles. The van der Waals surface area contributed by atoms with Crippen LogP contribution < -0.4 is 0 Å². The first-order valence-corrected chi connectivity index (χ1v) is 6.81. The second kappa shape index (κ2) is 5.69. The fourth-order valence-corrected chi connectivity index (χ4v) is 2.62. The van der Waals surface area contributed by atoms with Gasteiger partial charge in [-0.05, 0) is 43.2 Å². The van der Waals surface area contributed by atoms with Gasteiger partial charge in [0.2, 0.25) is 0 Å². The number of alkyl halides is 1. The third kappa shape index (κ3) is 3.34. The molecule has 0 fully saturated rings. The molecule has 0 aromatic heterocycles. The van der Waals surface area contributed by atoms with E-state index in [1.807, 2.05) is 0 Å². The molecule has 1 heteroatoms. The van der Waals surface area contributed by atoms with E-state index in [-0.39, 0.29) is 0 Å². The van der Waals surface area contributed by atoms with E-state index in [0.29, 0.717) is 11.8 Å². The zero-order valence-electron chi connectivity index (χ0n) is 10.2. The molecule has 1 aromatic rings. The van der Waals surface area contributed by atoms with Gasteiger partial charge < -0.3 is 0 Å². The molecular formula is C14H21Br. The van der Waals surface area contributed by atoms with Crippen LogP contribution >= 0.6 is 15.9 Å². The molecule has 0 amide bonds. The summed E-state index contributed by atoms with van der Waals surface area (Å²) in [6.07, 6.45) is 1.22. The lowest BCUT2D eigenvalue weighted by atomic mass is 9.83. The third-order valence-electron chi connectivity index (χ3n) is 3.06. The molecular weight excluding hydrogens is 248 g/mol. The molecule has 1 aromatic carbocycles. The maximum absolute atomic E-state index is 3.56. The Balaban J connectivity index is 3.04. The fraction of sp³-hybridized carbons (Fsp3) is 0.571. The van der Waals surface area contributed by atoms with Gasteiger partial charge in [0.15, 0.2) is 0 Å². The summed E-state index contributed by atoms with van der Waals surface area (Å²) in [5.41, 5.74) is 4.33. The summed E-state index contributed by atoms with van der Waals surface area (Å²) in [6.45, 7) is 9.02. The molecule has 15 heavy (non-hydrogen) atoms. The van der Waals surface area contributed by atoms with Crippen LogP contribution in [0.1, 0.15) is 42.9 Å². The summed E-state index contributed by atoms with van der Waals surface area (Å²) in [6, 6.07) is 6.79. The lowest BCUT2D eigenvalue weighted by Gasteiger charge is -2.22. The summed E-state index contributed by atoms with van der Waals surface area (Å²) in [4.78, 5) is 0. The summed E-state index contributed by atoms with van der Waals surface area (Å²) in [5, 5.41) is 1.09. The van der Waals surface area contributed by atoms with Crippen LogP contribution in [0.15, 0.2) is 18.2 Å². The number of rotatable bonds is 4. The fourth-order valence-electron chi connectivity index (χ4n) is 2.12. The average molecular weight is 269 g/mol. The Morgan fingerprint density at radius 1 is 1.20 bits per heavy atom. The molecule has 1 unspecified atom stereocenters. The molecule has 0 nitrogen and oxygen atoms in total. The monoisotopic (exact) mass is 268 g/mol. The van der Waals surface area contributed by atoms with E-state index in [0.717, 1.165) is 5.33 Å². The van der Waals surface area contributed by atoms with Crippen molar-refractivity contribution in [2.24, 2.45) is 5.92 Å². The first-order valence-electron chi connectivity index (χ1n) is 5.69. The Hall–Kier alpha value is -0.300. The zero-order chi connectivity index (χ0) is 11.4. The van der Waals surface area contributed by atoms with E-state index in [1.165, 1.54) is 23.1 Å². The van der Waals surface area contributed by atoms with Gasteiger partial charge >= 0.3 is 0 Å². The average Bonchev–Trinajstić information content (AvgIpc) is 2.18. The minimum atomic E-state index is 0.685. The van der Waals surface area contributed by atoms with Gasteiger partial charge in [0.1, 0.15) is 0 Å². The summed E-state index contributed by atoms with van der Waals surface area (Å²) in [5.74, 6) is 1.40. The molecule has 1 atom stereocenters. The van der Waals surface area contributed by atoms with Crippen molar-refractivity contribution >= 4 is 15.9 Å². The highest BCUT2D eigenvalue weighted by Gasteiger charge is 2.16. The van der Waals surface area contributed by atoms with E-state index >= 15 is 0 Å². The van der Waals surface area contributed by atoms with Crippen molar-refractivity contribution in [2.75, 3.05) is 5.33 Å². The minimum absolute atomic E-state index is 0.685. The van der Waals surface area contributed by atoms with Gasteiger partial charge in [-0.15, -0.1) is 0 Å². The van der Waals surface area contributed by atoms with Crippen LogP contribution in [-0.4, -0.2) is 5.33 Å². The lowest BCUT2D eigenvalue weighted by molar-refractivity contribution is 0.487. The molecule has 0 saturated heterocycles.